The number of hydrogen-bond donors (Lipinski definition) is 0. The Morgan fingerprint density at radius 1 is 0.358 bits per heavy atom. The molecule has 2 aliphatic rings. The average molecular weight is 872 g/mol. The number of anilines is 3. The number of hydrogen-bond acceptors (Lipinski definition) is 1. The summed E-state index contributed by atoms with van der Waals surface area (Å²) in [6.07, 6.45) is 0. The maximum atomic E-state index is 2.69. The lowest BCUT2D eigenvalue weighted by Gasteiger charge is -2.48. The lowest BCUT2D eigenvalue weighted by molar-refractivity contribution is 0.591. The lowest BCUT2D eigenvalue weighted by Crippen LogP contribution is -2.87. The standard InChI is InChI=1S/C64H50BNSi/c1-64(2,3)51-43-59-62-61(44-51)67(52-31-18-8-19-32-52,53-33-20-9-21-34-53)60-42-50(46-25-12-5-13-26-46)38-40-57(60)65(62)56-39-37-49(45-23-10-4-11-24-45)41-58(56)66(59)63-54(47-27-14-6-15-28-47)35-22-36-55(63)48-29-16-7-17-30-48/h4-44H,1-3H3. The van der Waals surface area contributed by atoms with Gasteiger partial charge in [-0.3, -0.25) is 0 Å². The number of para-hydroxylation sites is 1. The van der Waals surface area contributed by atoms with Gasteiger partial charge in [-0.05, 0) is 88.2 Å². The maximum absolute atomic E-state index is 3.10. The first-order valence-electron chi connectivity index (χ1n) is 23.6. The first kappa shape index (κ1) is 40.8. The molecule has 12 rings (SSSR count). The highest BCUT2D eigenvalue weighted by molar-refractivity contribution is 7.26. The van der Waals surface area contributed by atoms with Gasteiger partial charge in [-0.1, -0.05) is 263 Å². The van der Waals surface area contributed by atoms with E-state index >= 15 is 0 Å². The Balaban J connectivity index is 1.29. The first-order chi connectivity index (χ1) is 32.9. The van der Waals surface area contributed by atoms with E-state index in [0.29, 0.717) is 0 Å². The molecule has 10 aromatic carbocycles. The van der Waals surface area contributed by atoms with Crippen molar-refractivity contribution in [2.75, 3.05) is 4.90 Å². The van der Waals surface area contributed by atoms with Crippen LogP contribution in [-0.2, 0) is 5.41 Å². The zero-order chi connectivity index (χ0) is 45.1. The van der Waals surface area contributed by atoms with Crippen molar-refractivity contribution < 1.29 is 0 Å². The molecule has 0 amide bonds. The second-order valence-corrected chi connectivity index (χ2v) is 22.9. The smallest absolute Gasteiger partial charge is 0.246 e. The molecule has 3 heteroatoms. The van der Waals surface area contributed by atoms with E-state index < -0.39 is 8.07 Å². The second kappa shape index (κ2) is 16.3. The van der Waals surface area contributed by atoms with E-state index in [1.807, 2.05) is 0 Å². The average Bonchev–Trinajstić information content (AvgIpc) is 3.39. The van der Waals surface area contributed by atoms with Gasteiger partial charge >= 0.3 is 0 Å². The van der Waals surface area contributed by atoms with E-state index in [-0.39, 0.29) is 12.1 Å². The summed E-state index contributed by atoms with van der Waals surface area (Å²) in [6.45, 7) is 7.14. The number of rotatable bonds is 7. The van der Waals surface area contributed by atoms with Crippen LogP contribution < -0.4 is 42.0 Å². The van der Waals surface area contributed by atoms with Crippen LogP contribution in [0.4, 0.5) is 17.1 Å². The molecular weight excluding hydrogens is 822 g/mol. The third kappa shape index (κ3) is 6.68. The lowest BCUT2D eigenvalue weighted by atomic mass is 9.34. The molecule has 0 saturated carbocycles. The molecule has 1 nitrogen and oxygen atoms in total. The number of fused-ring (bicyclic) bond motifs is 4. The third-order valence-electron chi connectivity index (χ3n) is 14.4. The largest absolute Gasteiger partial charge is 0.310 e. The highest BCUT2D eigenvalue weighted by atomic mass is 28.3. The molecule has 318 valence electrons. The Kier molecular flexibility index (Phi) is 9.92. The topological polar surface area (TPSA) is 3.24 Å². The van der Waals surface area contributed by atoms with E-state index in [2.05, 4.69) is 274 Å². The van der Waals surface area contributed by atoms with Gasteiger partial charge in [-0.15, -0.1) is 0 Å². The minimum Gasteiger partial charge on any atom is -0.310 e. The van der Waals surface area contributed by atoms with Gasteiger partial charge < -0.3 is 4.90 Å². The summed E-state index contributed by atoms with van der Waals surface area (Å²) in [5, 5.41) is 5.72. The van der Waals surface area contributed by atoms with Crippen molar-refractivity contribution in [3.8, 4) is 44.5 Å². The maximum Gasteiger partial charge on any atom is 0.246 e. The fourth-order valence-corrected chi connectivity index (χ4v) is 16.6. The Morgan fingerprint density at radius 2 is 0.806 bits per heavy atom. The van der Waals surface area contributed by atoms with Crippen molar-refractivity contribution in [3.63, 3.8) is 0 Å². The predicted molar refractivity (Wildman–Crippen MR) is 290 cm³/mol. The molecular formula is C64H50BNSi. The molecule has 0 aliphatic carbocycles. The van der Waals surface area contributed by atoms with Crippen LogP contribution in [0.5, 0.6) is 0 Å². The fraction of sp³-hybridized carbons (Fsp3) is 0.0625. The van der Waals surface area contributed by atoms with Gasteiger partial charge in [0, 0.05) is 22.5 Å². The zero-order valence-corrected chi connectivity index (χ0v) is 39.2. The van der Waals surface area contributed by atoms with Crippen molar-refractivity contribution in [2.45, 2.75) is 26.2 Å². The van der Waals surface area contributed by atoms with Crippen LogP contribution in [0.15, 0.2) is 249 Å². The number of nitrogens with zero attached hydrogens (tertiary/aromatic N) is 1. The molecule has 0 radical (unpaired) electrons. The van der Waals surface area contributed by atoms with Crippen molar-refractivity contribution in [3.05, 3.63) is 254 Å². The Bertz CT molecular complexity index is 3320. The predicted octanol–water partition coefficient (Wildman–Crippen LogP) is 11.6. The summed E-state index contributed by atoms with van der Waals surface area (Å²) in [4.78, 5) is 2.69. The molecule has 10 aromatic rings. The molecule has 0 aromatic heterocycles. The summed E-state index contributed by atoms with van der Waals surface area (Å²) in [6, 6.07) is 93.9. The van der Waals surface area contributed by atoms with Crippen LogP contribution in [0, 0.1) is 0 Å². The van der Waals surface area contributed by atoms with Gasteiger partial charge in [0.05, 0.1) is 5.69 Å². The Morgan fingerprint density at radius 3 is 1.30 bits per heavy atom. The molecule has 0 N–H and O–H groups in total. The molecule has 0 fully saturated rings. The second-order valence-electron chi connectivity index (χ2n) is 19.2. The summed E-state index contributed by atoms with van der Waals surface area (Å²) in [5.41, 5.74) is 18.6. The van der Waals surface area contributed by atoms with E-state index in [4.69, 9.17) is 0 Å². The molecule has 0 spiro atoms. The fourth-order valence-electron chi connectivity index (χ4n) is 11.2. The minimum atomic E-state index is -3.10. The minimum absolute atomic E-state index is 0.0213. The highest BCUT2D eigenvalue weighted by Gasteiger charge is 2.54. The van der Waals surface area contributed by atoms with E-state index in [0.717, 1.165) is 0 Å². The van der Waals surface area contributed by atoms with Crippen molar-refractivity contribution >= 4 is 69.0 Å². The van der Waals surface area contributed by atoms with Gasteiger partial charge in [-0.25, -0.2) is 0 Å². The van der Waals surface area contributed by atoms with E-state index in [9.17, 15) is 0 Å². The summed E-state index contributed by atoms with van der Waals surface area (Å²) in [7, 11) is -3.10. The number of benzene rings is 10. The van der Waals surface area contributed by atoms with Gasteiger partial charge in [0.2, 0.25) is 6.71 Å². The Labute approximate surface area is 396 Å². The van der Waals surface area contributed by atoms with Crippen LogP contribution in [0.1, 0.15) is 26.3 Å². The van der Waals surface area contributed by atoms with Gasteiger partial charge in [0.25, 0.3) is 0 Å². The van der Waals surface area contributed by atoms with E-state index in [1.165, 1.54) is 104 Å². The first-order valence-corrected chi connectivity index (χ1v) is 25.6. The van der Waals surface area contributed by atoms with Crippen LogP contribution in [0.2, 0.25) is 0 Å². The summed E-state index contributed by atoms with van der Waals surface area (Å²) >= 11 is 0. The molecule has 2 heterocycles. The van der Waals surface area contributed by atoms with Crippen molar-refractivity contribution in [1.82, 2.24) is 0 Å². The van der Waals surface area contributed by atoms with Crippen LogP contribution >= 0.6 is 0 Å². The zero-order valence-electron chi connectivity index (χ0n) is 38.2. The van der Waals surface area contributed by atoms with Crippen LogP contribution in [0.25, 0.3) is 44.5 Å². The summed E-state index contributed by atoms with van der Waals surface area (Å²) < 4.78 is 0. The SMILES string of the molecule is CC(C)(C)c1cc2c3c(c1)[Si](c1ccccc1)(c1ccccc1)c1cc(-c4ccccc4)ccc1B3c1ccc(-c3ccccc3)cc1N2c1c(-c2ccccc2)cccc1-c1ccccc1. The molecule has 0 atom stereocenters. The third-order valence-corrected chi connectivity index (χ3v) is 19.2. The quantitative estimate of drug-likeness (QED) is 0.144. The van der Waals surface area contributed by atoms with Crippen LogP contribution in [-0.4, -0.2) is 14.8 Å². The van der Waals surface area contributed by atoms with Gasteiger partial charge in [0.1, 0.15) is 0 Å². The van der Waals surface area contributed by atoms with Gasteiger partial charge in [-0.2, -0.15) is 0 Å². The van der Waals surface area contributed by atoms with Crippen LogP contribution in [0.3, 0.4) is 0 Å². The van der Waals surface area contributed by atoms with Gasteiger partial charge in [0.15, 0.2) is 8.07 Å². The molecule has 0 bridgehead atoms. The molecule has 67 heavy (non-hydrogen) atoms. The molecule has 0 unspecified atom stereocenters. The highest BCUT2D eigenvalue weighted by Crippen LogP contribution is 2.48. The van der Waals surface area contributed by atoms with Crippen molar-refractivity contribution in [1.29, 1.82) is 0 Å². The summed E-state index contributed by atoms with van der Waals surface area (Å²) in [5.74, 6) is 0. The molecule has 2 aliphatic heterocycles. The molecule has 0 saturated heterocycles. The Hall–Kier alpha value is -7.72. The van der Waals surface area contributed by atoms with Crippen molar-refractivity contribution in [2.24, 2.45) is 0 Å². The van der Waals surface area contributed by atoms with E-state index in [1.54, 1.807) is 0 Å². The normalized spacial score (nSPS) is 13.4. The monoisotopic (exact) mass is 871 g/mol.